The quantitative estimate of drug-likeness (QED) is 0.625. The highest BCUT2D eigenvalue weighted by Crippen LogP contribution is 2.30. The molecule has 0 fully saturated rings. The van der Waals surface area contributed by atoms with Crippen molar-refractivity contribution in [3.63, 3.8) is 0 Å². The zero-order chi connectivity index (χ0) is 14.5. The predicted octanol–water partition coefficient (Wildman–Crippen LogP) is 3.23. The maximum absolute atomic E-state index is 10.9. The molecule has 1 aromatic carbocycles. The van der Waals surface area contributed by atoms with Crippen LogP contribution in [0.5, 0.6) is 11.6 Å². The molecule has 0 aliphatic heterocycles. The number of hydrogen-bond acceptors (Lipinski definition) is 5. The molecule has 0 amide bonds. The van der Waals surface area contributed by atoms with Crippen LogP contribution in [0, 0.1) is 10.1 Å². The van der Waals surface area contributed by atoms with Crippen LogP contribution in [0.1, 0.15) is 5.69 Å². The van der Waals surface area contributed by atoms with Gasteiger partial charge in [-0.25, -0.2) is 4.98 Å². The standard InChI is InChI=1S/C13H11ClN2O4/c1-19-13-4-2-3-10(15-13)8-20-12-7-9(14)5-6-11(12)16(17)18/h2-7H,8H2,1H3. The Morgan fingerprint density at radius 3 is 2.85 bits per heavy atom. The third kappa shape index (κ3) is 3.36. The molecule has 0 saturated carbocycles. The van der Waals surface area contributed by atoms with Gasteiger partial charge in [-0.1, -0.05) is 17.7 Å². The summed E-state index contributed by atoms with van der Waals surface area (Å²) in [6.07, 6.45) is 0. The predicted molar refractivity (Wildman–Crippen MR) is 73.2 cm³/mol. The summed E-state index contributed by atoms with van der Waals surface area (Å²) in [7, 11) is 1.51. The van der Waals surface area contributed by atoms with Gasteiger partial charge in [0, 0.05) is 23.2 Å². The van der Waals surface area contributed by atoms with E-state index in [1.54, 1.807) is 18.2 Å². The first-order valence-corrected chi connectivity index (χ1v) is 6.04. The number of pyridine rings is 1. The zero-order valence-electron chi connectivity index (χ0n) is 10.6. The Balaban J connectivity index is 2.17. The summed E-state index contributed by atoms with van der Waals surface area (Å²) >= 11 is 5.81. The summed E-state index contributed by atoms with van der Waals surface area (Å²) in [6, 6.07) is 9.34. The van der Waals surface area contributed by atoms with Crippen molar-refractivity contribution in [2.45, 2.75) is 6.61 Å². The lowest BCUT2D eigenvalue weighted by atomic mass is 10.3. The van der Waals surface area contributed by atoms with Gasteiger partial charge < -0.3 is 9.47 Å². The number of nitro groups is 1. The maximum Gasteiger partial charge on any atom is 0.311 e. The smallest absolute Gasteiger partial charge is 0.311 e. The minimum Gasteiger partial charge on any atom is -0.481 e. The fraction of sp³-hybridized carbons (Fsp3) is 0.154. The Morgan fingerprint density at radius 1 is 1.35 bits per heavy atom. The molecular formula is C13H11ClN2O4. The van der Waals surface area contributed by atoms with E-state index in [9.17, 15) is 10.1 Å². The first-order valence-electron chi connectivity index (χ1n) is 5.67. The van der Waals surface area contributed by atoms with Crippen molar-refractivity contribution < 1.29 is 14.4 Å². The molecule has 1 heterocycles. The largest absolute Gasteiger partial charge is 0.481 e. The van der Waals surface area contributed by atoms with Crippen molar-refractivity contribution in [3.05, 3.63) is 57.2 Å². The molecule has 0 atom stereocenters. The van der Waals surface area contributed by atoms with E-state index < -0.39 is 4.92 Å². The van der Waals surface area contributed by atoms with Crippen LogP contribution < -0.4 is 9.47 Å². The van der Waals surface area contributed by atoms with E-state index in [4.69, 9.17) is 21.1 Å². The molecule has 20 heavy (non-hydrogen) atoms. The number of ether oxygens (including phenoxy) is 2. The van der Waals surface area contributed by atoms with Crippen molar-refractivity contribution in [2.75, 3.05) is 7.11 Å². The molecule has 6 nitrogen and oxygen atoms in total. The molecule has 0 unspecified atom stereocenters. The number of nitrogens with zero attached hydrogens (tertiary/aromatic N) is 2. The average molecular weight is 295 g/mol. The molecule has 0 radical (unpaired) electrons. The maximum atomic E-state index is 10.9. The van der Waals surface area contributed by atoms with Crippen LogP contribution in [-0.2, 0) is 6.61 Å². The number of nitro benzene ring substituents is 1. The fourth-order valence-electron chi connectivity index (χ4n) is 1.56. The summed E-state index contributed by atoms with van der Waals surface area (Å²) in [5, 5.41) is 11.3. The van der Waals surface area contributed by atoms with Gasteiger partial charge in [-0.2, -0.15) is 0 Å². The van der Waals surface area contributed by atoms with Gasteiger partial charge in [0.05, 0.1) is 17.7 Å². The van der Waals surface area contributed by atoms with Crippen LogP contribution in [0.3, 0.4) is 0 Å². The lowest BCUT2D eigenvalue weighted by Crippen LogP contribution is -2.01. The van der Waals surface area contributed by atoms with E-state index in [0.717, 1.165) is 0 Å². The first kappa shape index (κ1) is 14.1. The second kappa shape index (κ2) is 6.21. The second-order valence-corrected chi connectivity index (χ2v) is 4.27. The SMILES string of the molecule is COc1cccc(COc2cc(Cl)ccc2[N+](=O)[O-])n1. The zero-order valence-corrected chi connectivity index (χ0v) is 11.3. The molecule has 1 aromatic heterocycles. The molecular weight excluding hydrogens is 284 g/mol. The molecule has 0 aliphatic carbocycles. The van der Waals surface area contributed by atoms with Gasteiger partial charge in [0.2, 0.25) is 5.88 Å². The van der Waals surface area contributed by atoms with Gasteiger partial charge in [-0.15, -0.1) is 0 Å². The normalized spacial score (nSPS) is 10.1. The highest BCUT2D eigenvalue weighted by Gasteiger charge is 2.15. The summed E-state index contributed by atoms with van der Waals surface area (Å²) in [4.78, 5) is 14.5. The van der Waals surface area contributed by atoms with Crippen molar-refractivity contribution >= 4 is 17.3 Å². The summed E-state index contributed by atoms with van der Waals surface area (Å²) in [5.41, 5.74) is 0.455. The first-order chi connectivity index (χ1) is 9.60. The van der Waals surface area contributed by atoms with E-state index in [-0.39, 0.29) is 18.0 Å². The molecule has 7 heteroatoms. The summed E-state index contributed by atoms with van der Waals surface area (Å²) in [6.45, 7) is 0.0817. The van der Waals surface area contributed by atoms with Crippen molar-refractivity contribution in [1.82, 2.24) is 4.98 Å². The van der Waals surface area contributed by atoms with Crippen molar-refractivity contribution in [2.24, 2.45) is 0 Å². The minimum atomic E-state index is -0.523. The van der Waals surface area contributed by atoms with Crippen LogP contribution in [-0.4, -0.2) is 17.0 Å². The van der Waals surface area contributed by atoms with Gasteiger partial charge >= 0.3 is 5.69 Å². The second-order valence-electron chi connectivity index (χ2n) is 3.83. The minimum absolute atomic E-state index is 0.0817. The fourth-order valence-corrected chi connectivity index (χ4v) is 1.72. The number of methoxy groups -OCH3 is 1. The molecule has 0 N–H and O–H groups in total. The third-order valence-electron chi connectivity index (χ3n) is 2.48. The average Bonchev–Trinajstić information content (AvgIpc) is 2.45. The Bertz CT molecular complexity index is 634. The lowest BCUT2D eigenvalue weighted by molar-refractivity contribution is -0.385. The van der Waals surface area contributed by atoms with E-state index in [0.29, 0.717) is 16.6 Å². The third-order valence-corrected chi connectivity index (χ3v) is 2.72. The Morgan fingerprint density at radius 2 is 2.15 bits per heavy atom. The van der Waals surface area contributed by atoms with Crippen LogP contribution >= 0.6 is 11.6 Å². The number of halogens is 1. The van der Waals surface area contributed by atoms with Crippen LogP contribution in [0.2, 0.25) is 5.02 Å². The van der Waals surface area contributed by atoms with Crippen LogP contribution in [0.15, 0.2) is 36.4 Å². The van der Waals surface area contributed by atoms with Gasteiger partial charge in [0.1, 0.15) is 6.61 Å². The summed E-state index contributed by atoms with van der Waals surface area (Å²) in [5.74, 6) is 0.554. The molecule has 2 aromatic rings. The van der Waals surface area contributed by atoms with E-state index in [1.807, 2.05) is 0 Å². The summed E-state index contributed by atoms with van der Waals surface area (Å²) < 4.78 is 10.4. The number of aromatic nitrogens is 1. The molecule has 104 valence electrons. The highest BCUT2D eigenvalue weighted by molar-refractivity contribution is 6.30. The highest BCUT2D eigenvalue weighted by atomic mass is 35.5. The van der Waals surface area contributed by atoms with Gasteiger partial charge in [0.25, 0.3) is 0 Å². The monoisotopic (exact) mass is 294 g/mol. The van der Waals surface area contributed by atoms with E-state index in [2.05, 4.69) is 4.98 Å². The molecule has 2 rings (SSSR count). The van der Waals surface area contributed by atoms with Gasteiger partial charge in [0.15, 0.2) is 5.75 Å². The number of rotatable bonds is 5. The van der Waals surface area contributed by atoms with E-state index in [1.165, 1.54) is 25.3 Å². The van der Waals surface area contributed by atoms with Crippen molar-refractivity contribution in [3.8, 4) is 11.6 Å². The Kier molecular flexibility index (Phi) is 4.37. The Hall–Kier alpha value is -2.34. The molecule has 0 saturated heterocycles. The Labute approximate surface area is 120 Å². The van der Waals surface area contributed by atoms with Crippen molar-refractivity contribution in [1.29, 1.82) is 0 Å². The van der Waals surface area contributed by atoms with Crippen LogP contribution in [0.4, 0.5) is 5.69 Å². The van der Waals surface area contributed by atoms with Gasteiger partial charge in [-0.05, 0) is 12.1 Å². The molecule has 0 aliphatic rings. The van der Waals surface area contributed by atoms with Crippen LogP contribution in [0.25, 0.3) is 0 Å². The molecule has 0 bridgehead atoms. The number of benzene rings is 1. The lowest BCUT2D eigenvalue weighted by Gasteiger charge is -2.07. The van der Waals surface area contributed by atoms with E-state index >= 15 is 0 Å². The van der Waals surface area contributed by atoms with Gasteiger partial charge in [-0.3, -0.25) is 10.1 Å². The molecule has 0 spiro atoms. The number of hydrogen-bond donors (Lipinski definition) is 0. The topological polar surface area (TPSA) is 74.5 Å².